The Bertz CT molecular complexity index is 331. The third-order valence-electron chi connectivity index (χ3n) is 2.97. The lowest BCUT2D eigenvalue weighted by Gasteiger charge is -2.35. The van der Waals surface area contributed by atoms with Gasteiger partial charge in [0.15, 0.2) is 0 Å². The fourth-order valence-corrected chi connectivity index (χ4v) is 2.01. The van der Waals surface area contributed by atoms with Crippen LogP contribution in [0.15, 0.2) is 0 Å². The maximum absolute atomic E-state index is 11.8. The molecule has 0 aromatic rings. The standard InChI is InChI=1S/C13H22N2O3/c1-10(2)8-12(17)14-4-6-15(7-5-14)13(18)9-11(3)16/h10H,4-9H2,1-3H3. The summed E-state index contributed by atoms with van der Waals surface area (Å²) in [5.74, 6) is 0.273. The zero-order valence-corrected chi connectivity index (χ0v) is 11.4. The normalized spacial score (nSPS) is 16.0. The van der Waals surface area contributed by atoms with Gasteiger partial charge in [0.05, 0.1) is 6.42 Å². The predicted molar refractivity (Wildman–Crippen MR) is 67.9 cm³/mol. The molecule has 1 aliphatic heterocycles. The summed E-state index contributed by atoms with van der Waals surface area (Å²) in [4.78, 5) is 37.8. The molecule has 1 fully saturated rings. The van der Waals surface area contributed by atoms with Crippen molar-refractivity contribution in [3.63, 3.8) is 0 Å². The molecular formula is C13H22N2O3. The zero-order chi connectivity index (χ0) is 13.7. The number of piperazine rings is 1. The number of carbonyl (C=O) groups excluding carboxylic acids is 3. The van der Waals surface area contributed by atoms with Crippen molar-refractivity contribution in [3.05, 3.63) is 0 Å². The largest absolute Gasteiger partial charge is 0.339 e. The van der Waals surface area contributed by atoms with Gasteiger partial charge in [-0.15, -0.1) is 0 Å². The number of Topliss-reactive ketones (excluding diaryl/α,β-unsaturated/α-hetero) is 1. The molecule has 0 N–H and O–H groups in total. The van der Waals surface area contributed by atoms with Gasteiger partial charge in [-0.25, -0.2) is 0 Å². The van der Waals surface area contributed by atoms with E-state index in [0.29, 0.717) is 38.5 Å². The van der Waals surface area contributed by atoms with Crippen LogP contribution in [0.25, 0.3) is 0 Å². The molecule has 0 bridgehead atoms. The molecule has 0 aromatic carbocycles. The monoisotopic (exact) mass is 254 g/mol. The fourth-order valence-electron chi connectivity index (χ4n) is 2.01. The third kappa shape index (κ3) is 4.47. The molecule has 5 heteroatoms. The van der Waals surface area contributed by atoms with E-state index in [1.165, 1.54) is 6.92 Å². The SMILES string of the molecule is CC(=O)CC(=O)N1CCN(C(=O)CC(C)C)CC1. The van der Waals surface area contributed by atoms with Gasteiger partial charge in [-0.1, -0.05) is 13.8 Å². The van der Waals surface area contributed by atoms with E-state index in [1.54, 1.807) is 9.80 Å². The molecule has 0 unspecified atom stereocenters. The second-order valence-electron chi connectivity index (χ2n) is 5.24. The first-order valence-corrected chi connectivity index (χ1v) is 6.45. The second-order valence-corrected chi connectivity index (χ2v) is 5.24. The van der Waals surface area contributed by atoms with E-state index in [-0.39, 0.29) is 24.0 Å². The molecule has 1 aliphatic rings. The molecule has 0 radical (unpaired) electrons. The minimum Gasteiger partial charge on any atom is -0.339 e. The number of carbonyl (C=O) groups is 3. The van der Waals surface area contributed by atoms with Crippen molar-refractivity contribution in [2.24, 2.45) is 5.92 Å². The van der Waals surface area contributed by atoms with Crippen LogP contribution in [0.4, 0.5) is 0 Å². The lowest BCUT2D eigenvalue weighted by atomic mass is 10.1. The quantitative estimate of drug-likeness (QED) is 0.693. The Labute approximate surface area is 108 Å². The first-order valence-electron chi connectivity index (χ1n) is 6.45. The van der Waals surface area contributed by atoms with Crippen molar-refractivity contribution >= 4 is 17.6 Å². The lowest BCUT2D eigenvalue weighted by molar-refractivity contribution is -0.141. The van der Waals surface area contributed by atoms with E-state index in [2.05, 4.69) is 0 Å². The van der Waals surface area contributed by atoms with Crippen molar-refractivity contribution in [2.45, 2.75) is 33.6 Å². The van der Waals surface area contributed by atoms with Gasteiger partial charge < -0.3 is 9.80 Å². The van der Waals surface area contributed by atoms with Crippen LogP contribution in [-0.4, -0.2) is 53.6 Å². The van der Waals surface area contributed by atoms with E-state index in [9.17, 15) is 14.4 Å². The summed E-state index contributed by atoms with van der Waals surface area (Å²) < 4.78 is 0. The molecule has 0 aliphatic carbocycles. The van der Waals surface area contributed by atoms with E-state index in [4.69, 9.17) is 0 Å². The van der Waals surface area contributed by atoms with Crippen molar-refractivity contribution in [1.29, 1.82) is 0 Å². The minimum atomic E-state index is -0.126. The van der Waals surface area contributed by atoms with Crippen LogP contribution in [0.2, 0.25) is 0 Å². The highest BCUT2D eigenvalue weighted by molar-refractivity contribution is 5.96. The van der Waals surface area contributed by atoms with Crippen molar-refractivity contribution in [3.8, 4) is 0 Å². The maximum Gasteiger partial charge on any atom is 0.230 e. The second kappa shape index (κ2) is 6.52. The maximum atomic E-state index is 11.8. The third-order valence-corrected chi connectivity index (χ3v) is 2.97. The number of hydrogen-bond acceptors (Lipinski definition) is 3. The van der Waals surface area contributed by atoms with E-state index < -0.39 is 0 Å². The van der Waals surface area contributed by atoms with Crippen LogP contribution in [0.1, 0.15) is 33.6 Å². The molecule has 1 rings (SSSR count). The fraction of sp³-hybridized carbons (Fsp3) is 0.769. The van der Waals surface area contributed by atoms with Crippen molar-refractivity contribution < 1.29 is 14.4 Å². The van der Waals surface area contributed by atoms with Crippen LogP contribution in [0.3, 0.4) is 0 Å². The smallest absolute Gasteiger partial charge is 0.230 e. The molecule has 5 nitrogen and oxygen atoms in total. The van der Waals surface area contributed by atoms with Gasteiger partial charge in [0.2, 0.25) is 11.8 Å². The molecule has 1 saturated heterocycles. The molecule has 1 heterocycles. The Morgan fingerprint density at radius 2 is 1.39 bits per heavy atom. The van der Waals surface area contributed by atoms with Crippen LogP contribution in [0, 0.1) is 5.92 Å². The molecule has 0 aromatic heterocycles. The predicted octanol–water partition coefficient (Wildman–Crippen LogP) is 0.682. The minimum absolute atomic E-state index is 0.0278. The Kier molecular flexibility index (Phi) is 5.31. The van der Waals surface area contributed by atoms with E-state index >= 15 is 0 Å². The first kappa shape index (κ1) is 14.7. The summed E-state index contributed by atoms with van der Waals surface area (Å²) in [6.07, 6.45) is 0.529. The summed E-state index contributed by atoms with van der Waals surface area (Å²) in [7, 11) is 0. The summed E-state index contributed by atoms with van der Waals surface area (Å²) in [5, 5.41) is 0. The van der Waals surface area contributed by atoms with Crippen molar-refractivity contribution in [2.75, 3.05) is 26.2 Å². The van der Waals surface area contributed by atoms with Gasteiger partial charge in [0, 0.05) is 32.6 Å². The van der Waals surface area contributed by atoms with Gasteiger partial charge in [-0.05, 0) is 12.8 Å². The van der Waals surface area contributed by atoms with Crippen molar-refractivity contribution in [1.82, 2.24) is 9.80 Å². The molecule has 0 saturated carbocycles. The number of nitrogens with zero attached hydrogens (tertiary/aromatic N) is 2. The van der Waals surface area contributed by atoms with Gasteiger partial charge >= 0.3 is 0 Å². The molecule has 2 amide bonds. The highest BCUT2D eigenvalue weighted by atomic mass is 16.2. The topological polar surface area (TPSA) is 57.7 Å². The Balaban J connectivity index is 2.39. The lowest BCUT2D eigenvalue weighted by Crippen LogP contribution is -2.51. The molecule has 102 valence electrons. The van der Waals surface area contributed by atoms with Gasteiger partial charge in [-0.2, -0.15) is 0 Å². The van der Waals surface area contributed by atoms with Gasteiger partial charge in [-0.3, -0.25) is 14.4 Å². The summed E-state index contributed by atoms with van der Waals surface area (Å²) in [6.45, 7) is 7.69. The Morgan fingerprint density at radius 3 is 1.78 bits per heavy atom. The number of hydrogen-bond donors (Lipinski definition) is 0. The summed E-state index contributed by atoms with van der Waals surface area (Å²) in [5.41, 5.74) is 0. The van der Waals surface area contributed by atoms with E-state index in [0.717, 1.165) is 0 Å². The number of amides is 2. The van der Waals surface area contributed by atoms with Crippen LogP contribution < -0.4 is 0 Å². The van der Waals surface area contributed by atoms with E-state index in [1.807, 2.05) is 13.8 Å². The molecular weight excluding hydrogens is 232 g/mol. The Morgan fingerprint density at radius 1 is 0.944 bits per heavy atom. The Hall–Kier alpha value is -1.39. The highest BCUT2D eigenvalue weighted by Gasteiger charge is 2.24. The summed E-state index contributed by atoms with van der Waals surface area (Å²) >= 11 is 0. The zero-order valence-electron chi connectivity index (χ0n) is 11.4. The highest BCUT2D eigenvalue weighted by Crippen LogP contribution is 2.09. The van der Waals surface area contributed by atoms with Crippen LogP contribution >= 0.6 is 0 Å². The van der Waals surface area contributed by atoms with Crippen LogP contribution in [0.5, 0.6) is 0 Å². The molecule has 18 heavy (non-hydrogen) atoms. The first-order chi connectivity index (χ1) is 8.40. The summed E-state index contributed by atoms with van der Waals surface area (Å²) in [6, 6.07) is 0. The van der Waals surface area contributed by atoms with Crippen LogP contribution in [-0.2, 0) is 14.4 Å². The molecule has 0 atom stereocenters. The molecule has 0 spiro atoms. The number of rotatable bonds is 4. The average Bonchev–Trinajstić information content (AvgIpc) is 2.27. The van der Waals surface area contributed by atoms with Gasteiger partial charge in [0.25, 0.3) is 0 Å². The number of ketones is 1. The van der Waals surface area contributed by atoms with Gasteiger partial charge in [0.1, 0.15) is 5.78 Å². The average molecular weight is 254 g/mol.